The van der Waals surface area contributed by atoms with E-state index in [1.165, 1.54) is 6.92 Å². The zero-order chi connectivity index (χ0) is 23.9. The van der Waals surface area contributed by atoms with Gasteiger partial charge >= 0.3 is 0 Å². The molecule has 4 rings (SSSR count). The molecule has 1 aromatic heterocycles. The van der Waals surface area contributed by atoms with Crippen LogP contribution in [0.25, 0.3) is 16.9 Å². The van der Waals surface area contributed by atoms with Gasteiger partial charge in [0.05, 0.1) is 16.8 Å². The maximum atomic E-state index is 13.0. The molecular formula is C26H21N5O3. The largest absolute Gasteiger partial charge is 0.479 e. The molecular weight excluding hydrogens is 430 g/mol. The SMILES string of the molecule is CC(Oc1ccccc1C#N)C(=O)NNC(=O)c1cn(-c2ccccc2)nc1-c1ccccc1. The number of benzene rings is 3. The summed E-state index contributed by atoms with van der Waals surface area (Å²) in [6, 6.07) is 27.3. The summed E-state index contributed by atoms with van der Waals surface area (Å²) < 4.78 is 7.20. The Hall–Kier alpha value is -4.90. The van der Waals surface area contributed by atoms with Gasteiger partial charge in [-0.2, -0.15) is 10.4 Å². The summed E-state index contributed by atoms with van der Waals surface area (Å²) in [5, 5.41) is 13.8. The van der Waals surface area contributed by atoms with Crippen LogP contribution in [0.2, 0.25) is 0 Å². The van der Waals surface area contributed by atoms with Gasteiger partial charge in [0.1, 0.15) is 17.5 Å². The number of rotatable bonds is 6. The lowest BCUT2D eigenvalue weighted by atomic mass is 10.1. The summed E-state index contributed by atoms with van der Waals surface area (Å²) >= 11 is 0. The van der Waals surface area contributed by atoms with E-state index in [4.69, 9.17) is 4.74 Å². The Bertz CT molecular complexity index is 1340. The first-order valence-electron chi connectivity index (χ1n) is 10.5. The second-order valence-electron chi connectivity index (χ2n) is 7.35. The van der Waals surface area contributed by atoms with E-state index in [-0.39, 0.29) is 5.75 Å². The van der Waals surface area contributed by atoms with E-state index in [0.717, 1.165) is 11.3 Å². The normalized spacial score (nSPS) is 11.2. The van der Waals surface area contributed by atoms with Crippen molar-refractivity contribution >= 4 is 11.8 Å². The van der Waals surface area contributed by atoms with E-state index >= 15 is 0 Å². The number of carbonyl (C=O) groups excluding carboxylic acids is 2. The van der Waals surface area contributed by atoms with Crippen molar-refractivity contribution < 1.29 is 14.3 Å². The molecule has 0 saturated carbocycles. The maximum Gasteiger partial charge on any atom is 0.279 e. The summed E-state index contributed by atoms with van der Waals surface area (Å²) in [4.78, 5) is 25.5. The number of ether oxygens (including phenoxy) is 1. The molecule has 8 nitrogen and oxygen atoms in total. The van der Waals surface area contributed by atoms with Crippen molar-refractivity contribution in [2.75, 3.05) is 0 Å². The topological polar surface area (TPSA) is 109 Å². The van der Waals surface area contributed by atoms with Crippen LogP contribution in [0.4, 0.5) is 0 Å². The summed E-state index contributed by atoms with van der Waals surface area (Å²) in [6.45, 7) is 1.53. The van der Waals surface area contributed by atoms with Crippen LogP contribution >= 0.6 is 0 Å². The minimum absolute atomic E-state index is 0.287. The fraction of sp³-hybridized carbons (Fsp3) is 0.0769. The van der Waals surface area contributed by atoms with E-state index in [0.29, 0.717) is 16.8 Å². The van der Waals surface area contributed by atoms with Gasteiger partial charge in [0, 0.05) is 11.8 Å². The molecule has 0 spiro atoms. The molecule has 0 fully saturated rings. The lowest BCUT2D eigenvalue weighted by molar-refractivity contribution is -0.128. The first kappa shape index (κ1) is 22.3. The number of para-hydroxylation sites is 2. The molecule has 2 amide bonds. The molecule has 4 aromatic rings. The fourth-order valence-electron chi connectivity index (χ4n) is 3.26. The standard InChI is InChI=1S/C26H21N5O3/c1-18(34-23-15-9-8-12-20(23)16-27)25(32)28-29-26(33)22-17-31(21-13-6-3-7-14-21)30-24(22)19-10-4-2-5-11-19/h2-15,17-18H,1H3,(H,28,32)(H,29,33). The minimum atomic E-state index is -0.949. The zero-order valence-corrected chi connectivity index (χ0v) is 18.3. The Balaban J connectivity index is 1.50. The molecule has 0 radical (unpaired) electrons. The van der Waals surface area contributed by atoms with E-state index in [2.05, 4.69) is 16.0 Å². The Morgan fingerprint density at radius 1 is 0.941 bits per heavy atom. The maximum absolute atomic E-state index is 13.0. The van der Waals surface area contributed by atoms with E-state index in [1.807, 2.05) is 66.7 Å². The minimum Gasteiger partial charge on any atom is -0.479 e. The van der Waals surface area contributed by atoms with Gasteiger partial charge in [-0.1, -0.05) is 60.7 Å². The number of hydrogen-bond acceptors (Lipinski definition) is 5. The highest BCUT2D eigenvalue weighted by Crippen LogP contribution is 2.23. The molecule has 0 aliphatic heterocycles. The van der Waals surface area contributed by atoms with E-state index in [9.17, 15) is 14.9 Å². The second-order valence-corrected chi connectivity index (χ2v) is 7.35. The number of hydrogen-bond donors (Lipinski definition) is 2. The zero-order valence-electron chi connectivity index (χ0n) is 18.3. The molecule has 168 valence electrons. The first-order valence-corrected chi connectivity index (χ1v) is 10.5. The van der Waals surface area contributed by atoms with Gasteiger partial charge in [-0.3, -0.25) is 20.4 Å². The predicted molar refractivity (Wildman–Crippen MR) is 126 cm³/mol. The van der Waals surface area contributed by atoms with E-state index < -0.39 is 17.9 Å². The fourth-order valence-corrected chi connectivity index (χ4v) is 3.26. The van der Waals surface area contributed by atoms with Crippen LogP contribution in [0.15, 0.2) is 91.1 Å². The van der Waals surface area contributed by atoms with Gasteiger partial charge in [-0.05, 0) is 31.2 Å². The predicted octanol–water partition coefficient (Wildman–Crippen LogP) is 3.64. The highest BCUT2D eigenvalue weighted by Gasteiger charge is 2.21. The van der Waals surface area contributed by atoms with Crippen LogP contribution in [-0.4, -0.2) is 27.7 Å². The molecule has 0 aliphatic rings. The van der Waals surface area contributed by atoms with Crippen molar-refractivity contribution in [2.45, 2.75) is 13.0 Å². The first-order chi connectivity index (χ1) is 16.6. The van der Waals surface area contributed by atoms with Crippen molar-refractivity contribution in [3.05, 3.63) is 102 Å². The molecule has 0 bridgehead atoms. The summed E-state index contributed by atoms with van der Waals surface area (Å²) in [5.41, 5.74) is 7.45. The van der Waals surface area contributed by atoms with Crippen LogP contribution in [0.5, 0.6) is 5.75 Å². The lowest BCUT2D eigenvalue weighted by Crippen LogP contribution is -2.47. The molecule has 34 heavy (non-hydrogen) atoms. The van der Waals surface area contributed by atoms with Crippen molar-refractivity contribution in [2.24, 2.45) is 0 Å². The molecule has 1 atom stereocenters. The van der Waals surface area contributed by atoms with E-state index in [1.54, 1.807) is 35.1 Å². The van der Waals surface area contributed by atoms with Gasteiger partial charge in [-0.25, -0.2) is 4.68 Å². The lowest BCUT2D eigenvalue weighted by Gasteiger charge is -2.15. The van der Waals surface area contributed by atoms with Crippen molar-refractivity contribution in [3.8, 4) is 28.8 Å². The number of amides is 2. The molecule has 8 heteroatoms. The van der Waals surface area contributed by atoms with Gasteiger partial charge in [-0.15, -0.1) is 0 Å². The smallest absolute Gasteiger partial charge is 0.279 e. The van der Waals surface area contributed by atoms with Crippen LogP contribution in [-0.2, 0) is 4.79 Å². The highest BCUT2D eigenvalue weighted by atomic mass is 16.5. The third-order valence-electron chi connectivity index (χ3n) is 5.01. The number of aromatic nitrogens is 2. The average Bonchev–Trinajstić information content (AvgIpc) is 3.34. The highest BCUT2D eigenvalue weighted by molar-refractivity contribution is 6.00. The van der Waals surface area contributed by atoms with Crippen molar-refractivity contribution in [3.63, 3.8) is 0 Å². The molecule has 1 heterocycles. The molecule has 2 N–H and O–H groups in total. The number of nitrogens with zero attached hydrogens (tertiary/aromatic N) is 3. The number of nitrogens with one attached hydrogen (secondary N) is 2. The van der Waals surface area contributed by atoms with Crippen LogP contribution in [0, 0.1) is 11.3 Å². The number of carbonyl (C=O) groups is 2. The average molecular weight is 451 g/mol. The van der Waals surface area contributed by atoms with Gasteiger partial charge in [0.25, 0.3) is 11.8 Å². The Morgan fingerprint density at radius 3 is 2.29 bits per heavy atom. The molecule has 1 unspecified atom stereocenters. The monoisotopic (exact) mass is 451 g/mol. The second kappa shape index (κ2) is 10.1. The number of nitriles is 1. The Labute approximate surface area is 196 Å². The van der Waals surface area contributed by atoms with Crippen LogP contribution < -0.4 is 15.6 Å². The van der Waals surface area contributed by atoms with Crippen LogP contribution in [0.3, 0.4) is 0 Å². The quantitative estimate of drug-likeness (QED) is 0.435. The number of hydrazine groups is 1. The van der Waals surface area contributed by atoms with Gasteiger partial charge in [0.2, 0.25) is 0 Å². The summed E-state index contributed by atoms with van der Waals surface area (Å²) in [5.74, 6) is -0.814. The Morgan fingerprint density at radius 2 is 1.59 bits per heavy atom. The molecule has 0 aliphatic carbocycles. The summed E-state index contributed by atoms with van der Waals surface area (Å²) in [6.07, 6.45) is 0.665. The van der Waals surface area contributed by atoms with Crippen molar-refractivity contribution in [1.29, 1.82) is 5.26 Å². The van der Waals surface area contributed by atoms with Crippen molar-refractivity contribution in [1.82, 2.24) is 20.6 Å². The van der Waals surface area contributed by atoms with Gasteiger partial charge in [0.15, 0.2) is 6.10 Å². The molecule has 0 saturated heterocycles. The van der Waals surface area contributed by atoms with Gasteiger partial charge < -0.3 is 4.74 Å². The molecule has 3 aromatic carbocycles. The Kier molecular flexibility index (Phi) is 6.65. The third kappa shape index (κ3) is 4.95. The summed E-state index contributed by atoms with van der Waals surface area (Å²) in [7, 11) is 0. The third-order valence-corrected chi connectivity index (χ3v) is 5.01. The van der Waals surface area contributed by atoms with Crippen LogP contribution in [0.1, 0.15) is 22.8 Å².